The van der Waals surface area contributed by atoms with Crippen LogP contribution in [0.3, 0.4) is 0 Å². The summed E-state index contributed by atoms with van der Waals surface area (Å²) in [5.41, 5.74) is 0. The third kappa shape index (κ3) is 6.45. The molecule has 1 saturated heterocycles. The van der Waals surface area contributed by atoms with Crippen molar-refractivity contribution in [3.05, 3.63) is 0 Å². The van der Waals surface area contributed by atoms with Gasteiger partial charge < -0.3 is 4.90 Å². The molecule has 0 aromatic rings. The van der Waals surface area contributed by atoms with Gasteiger partial charge in [0.25, 0.3) is 0 Å². The van der Waals surface area contributed by atoms with E-state index in [4.69, 9.17) is 0 Å². The molecular formula is C16H33N. The molecule has 1 aliphatic rings. The summed E-state index contributed by atoms with van der Waals surface area (Å²) in [4.78, 5) is 2.73. The summed E-state index contributed by atoms with van der Waals surface area (Å²) in [6.07, 6.45) is 15.8. The zero-order valence-corrected chi connectivity index (χ0v) is 12.2. The fraction of sp³-hybridized carbons (Fsp3) is 1.00. The molecule has 0 spiro atoms. The zero-order chi connectivity index (χ0) is 12.3. The van der Waals surface area contributed by atoms with Crippen LogP contribution in [0.4, 0.5) is 0 Å². The summed E-state index contributed by atoms with van der Waals surface area (Å²) >= 11 is 0. The van der Waals surface area contributed by atoms with Gasteiger partial charge in [-0.2, -0.15) is 0 Å². The highest BCUT2D eigenvalue weighted by molar-refractivity contribution is 4.75. The highest BCUT2D eigenvalue weighted by atomic mass is 15.2. The third-order valence-corrected chi connectivity index (χ3v) is 4.27. The Morgan fingerprint density at radius 1 is 0.824 bits per heavy atom. The van der Waals surface area contributed by atoms with Crippen molar-refractivity contribution < 1.29 is 0 Å². The second kappa shape index (κ2) is 9.94. The standard InChI is InChI=1S/C16H33N/c1-3-5-6-7-8-9-10-13-16(4-2)17-14-11-12-15-17/h16H,3-15H2,1-2H3. The van der Waals surface area contributed by atoms with Gasteiger partial charge in [-0.25, -0.2) is 0 Å². The monoisotopic (exact) mass is 239 g/mol. The van der Waals surface area contributed by atoms with Crippen molar-refractivity contribution in [2.45, 2.75) is 90.5 Å². The van der Waals surface area contributed by atoms with Crippen molar-refractivity contribution in [3.63, 3.8) is 0 Å². The lowest BCUT2D eigenvalue weighted by molar-refractivity contribution is 0.219. The SMILES string of the molecule is CCCCCCCCCC(CC)N1CCCC1. The van der Waals surface area contributed by atoms with Crippen LogP contribution in [0, 0.1) is 0 Å². The molecule has 102 valence electrons. The van der Waals surface area contributed by atoms with E-state index in [1.165, 1.54) is 83.7 Å². The van der Waals surface area contributed by atoms with Crippen LogP contribution in [0.2, 0.25) is 0 Å². The van der Waals surface area contributed by atoms with Crippen molar-refractivity contribution in [2.24, 2.45) is 0 Å². The highest BCUT2D eigenvalue weighted by Crippen LogP contribution is 2.19. The van der Waals surface area contributed by atoms with Gasteiger partial charge in [-0.1, -0.05) is 58.8 Å². The van der Waals surface area contributed by atoms with Crippen LogP contribution in [0.15, 0.2) is 0 Å². The Labute approximate surface area is 109 Å². The summed E-state index contributed by atoms with van der Waals surface area (Å²) < 4.78 is 0. The van der Waals surface area contributed by atoms with Gasteiger partial charge in [-0.3, -0.25) is 0 Å². The van der Waals surface area contributed by atoms with E-state index in [0.717, 1.165) is 6.04 Å². The van der Waals surface area contributed by atoms with Gasteiger partial charge in [0.1, 0.15) is 0 Å². The molecule has 1 fully saturated rings. The summed E-state index contributed by atoms with van der Waals surface area (Å²) in [7, 11) is 0. The first-order valence-electron chi connectivity index (χ1n) is 8.12. The predicted molar refractivity (Wildman–Crippen MR) is 77.5 cm³/mol. The van der Waals surface area contributed by atoms with Gasteiger partial charge in [0.05, 0.1) is 0 Å². The molecule has 1 rings (SSSR count). The molecular weight excluding hydrogens is 206 g/mol. The van der Waals surface area contributed by atoms with Crippen molar-refractivity contribution in [3.8, 4) is 0 Å². The minimum absolute atomic E-state index is 0.896. The minimum Gasteiger partial charge on any atom is -0.300 e. The molecule has 0 bridgehead atoms. The maximum Gasteiger partial charge on any atom is 0.00926 e. The fourth-order valence-electron chi connectivity index (χ4n) is 3.09. The quantitative estimate of drug-likeness (QED) is 0.485. The van der Waals surface area contributed by atoms with Gasteiger partial charge in [0.15, 0.2) is 0 Å². The third-order valence-electron chi connectivity index (χ3n) is 4.27. The second-order valence-corrected chi connectivity index (χ2v) is 5.72. The molecule has 1 heterocycles. The maximum absolute atomic E-state index is 2.73. The molecule has 0 aromatic heterocycles. The second-order valence-electron chi connectivity index (χ2n) is 5.72. The lowest BCUT2D eigenvalue weighted by Gasteiger charge is -2.26. The Bertz CT molecular complexity index is 161. The molecule has 1 heteroatoms. The highest BCUT2D eigenvalue weighted by Gasteiger charge is 2.19. The first-order valence-corrected chi connectivity index (χ1v) is 8.12. The van der Waals surface area contributed by atoms with Crippen LogP contribution < -0.4 is 0 Å². The van der Waals surface area contributed by atoms with E-state index in [2.05, 4.69) is 18.7 Å². The molecule has 0 radical (unpaired) electrons. The Kier molecular flexibility index (Phi) is 8.78. The zero-order valence-electron chi connectivity index (χ0n) is 12.2. The van der Waals surface area contributed by atoms with Gasteiger partial charge in [-0.15, -0.1) is 0 Å². The normalized spacial score (nSPS) is 18.7. The molecule has 0 amide bonds. The average molecular weight is 239 g/mol. The van der Waals surface area contributed by atoms with Crippen molar-refractivity contribution in [2.75, 3.05) is 13.1 Å². The fourth-order valence-corrected chi connectivity index (χ4v) is 3.09. The number of hydrogen-bond donors (Lipinski definition) is 0. The van der Waals surface area contributed by atoms with E-state index >= 15 is 0 Å². The van der Waals surface area contributed by atoms with Crippen molar-refractivity contribution in [1.82, 2.24) is 4.90 Å². The van der Waals surface area contributed by atoms with E-state index < -0.39 is 0 Å². The van der Waals surface area contributed by atoms with E-state index in [-0.39, 0.29) is 0 Å². The molecule has 0 N–H and O–H groups in total. The van der Waals surface area contributed by atoms with Gasteiger partial charge in [-0.05, 0) is 38.8 Å². The first-order chi connectivity index (χ1) is 8.38. The Morgan fingerprint density at radius 2 is 1.41 bits per heavy atom. The Morgan fingerprint density at radius 3 is 2.00 bits per heavy atom. The first kappa shape index (κ1) is 15.0. The largest absolute Gasteiger partial charge is 0.300 e. The number of likely N-dealkylation sites (tertiary alicyclic amines) is 1. The number of rotatable bonds is 10. The molecule has 0 saturated carbocycles. The lowest BCUT2D eigenvalue weighted by Crippen LogP contribution is -2.31. The van der Waals surface area contributed by atoms with Crippen LogP contribution in [-0.2, 0) is 0 Å². The number of unbranched alkanes of at least 4 members (excludes halogenated alkanes) is 6. The number of nitrogens with zero attached hydrogens (tertiary/aromatic N) is 1. The molecule has 1 nitrogen and oxygen atoms in total. The average Bonchev–Trinajstić information content (AvgIpc) is 2.86. The van der Waals surface area contributed by atoms with Crippen LogP contribution in [0.25, 0.3) is 0 Å². The molecule has 1 aliphatic heterocycles. The van der Waals surface area contributed by atoms with Crippen molar-refractivity contribution in [1.29, 1.82) is 0 Å². The molecule has 17 heavy (non-hydrogen) atoms. The Hall–Kier alpha value is -0.0400. The molecule has 1 unspecified atom stereocenters. The minimum atomic E-state index is 0.896. The van der Waals surface area contributed by atoms with Crippen molar-refractivity contribution >= 4 is 0 Å². The van der Waals surface area contributed by atoms with E-state index in [1.54, 1.807) is 0 Å². The van der Waals surface area contributed by atoms with Crippen LogP contribution in [0.1, 0.15) is 84.5 Å². The summed E-state index contributed by atoms with van der Waals surface area (Å²) in [6.45, 7) is 7.40. The number of hydrogen-bond acceptors (Lipinski definition) is 1. The Balaban J connectivity index is 1.96. The predicted octanol–water partition coefficient (Wildman–Crippen LogP) is 5.00. The summed E-state index contributed by atoms with van der Waals surface area (Å²) in [6, 6.07) is 0.896. The smallest absolute Gasteiger partial charge is 0.00926 e. The van der Waals surface area contributed by atoms with E-state index in [9.17, 15) is 0 Å². The van der Waals surface area contributed by atoms with E-state index in [0.29, 0.717) is 0 Å². The van der Waals surface area contributed by atoms with Crippen LogP contribution in [-0.4, -0.2) is 24.0 Å². The van der Waals surface area contributed by atoms with Crippen LogP contribution >= 0.6 is 0 Å². The van der Waals surface area contributed by atoms with Gasteiger partial charge >= 0.3 is 0 Å². The molecule has 1 atom stereocenters. The van der Waals surface area contributed by atoms with E-state index in [1.807, 2.05) is 0 Å². The molecule has 0 aliphatic carbocycles. The van der Waals surface area contributed by atoms with Gasteiger partial charge in [0.2, 0.25) is 0 Å². The summed E-state index contributed by atoms with van der Waals surface area (Å²) in [5.74, 6) is 0. The lowest BCUT2D eigenvalue weighted by atomic mass is 10.0. The summed E-state index contributed by atoms with van der Waals surface area (Å²) in [5, 5.41) is 0. The topological polar surface area (TPSA) is 3.24 Å². The molecule has 0 aromatic carbocycles. The van der Waals surface area contributed by atoms with Crippen LogP contribution in [0.5, 0.6) is 0 Å². The van der Waals surface area contributed by atoms with Gasteiger partial charge in [0, 0.05) is 6.04 Å². The maximum atomic E-state index is 2.73.